The Morgan fingerprint density at radius 3 is 2.90 bits per heavy atom. The highest BCUT2D eigenvalue weighted by molar-refractivity contribution is 14.1. The molecular weight excluding hydrogens is 262 g/mol. The summed E-state index contributed by atoms with van der Waals surface area (Å²) in [5, 5.41) is 0.548. The van der Waals surface area contributed by atoms with E-state index in [1.54, 1.807) is 6.08 Å². The molecule has 4 heteroatoms. The Balaban J connectivity index is 2.88. The Morgan fingerprint density at radius 2 is 2.50 bits per heavy atom. The monoisotopic (exact) mass is 270 g/mol. The van der Waals surface area contributed by atoms with Gasteiger partial charge >= 0.3 is 0 Å². The Labute approximate surface area is 78.7 Å². The molecule has 0 saturated carbocycles. The molecule has 1 rings (SSSR count). The fraction of sp³-hybridized carbons (Fsp3) is 0.500. The number of dihydropyridines is 1. The normalized spacial score (nSPS) is 33.2. The summed E-state index contributed by atoms with van der Waals surface area (Å²) in [4.78, 5) is 4.01. The summed E-state index contributed by atoms with van der Waals surface area (Å²) in [5.41, 5.74) is 5.54. The summed E-state index contributed by atoms with van der Waals surface area (Å²) in [5.74, 6) is 0. The predicted molar refractivity (Wildman–Crippen MR) is 52.9 cm³/mol. The maximum atomic E-state index is 5.84. The van der Waals surface area contributed by atoms with E-state index < -0.39 is 0 Å². The summed E-state index contributed by atoms with van der Waals surface area (Å²) in [7, 11) is 0. The number of halogens is 2. The lowest BCUT2D eigenvalue weighted by molar-refractivity contribution is 0.591. The van der Waals surface area contributed by atoms with E-state index >= 15 is 0 Å². The van der Waals surface area contributed by atoms with E-state index in [9.17, 15) is 0 Å². The van der Waals surface area contributed by atoms with Crippen molar-refractivity contribution in [1.29, 1.82) is 0 Å². The fourth-order valence-corrected chi connectivity index (χ4v) is 1.45. The lowest BCUT2D eigenvalue weighted by atomic mass is 10.0. The van der Waals surface area contributed by atoms with E-state index in [4.69, 9.17) is 17.3 Å². The molecule has 56 valence electrons. The minimum Gasteiger partial charge on any atom is -0.320 e. The molecule has 10 heavy (non-hydrogen) atoms. The SMILES string of the molecule is CC1(N)CN=C(Cl)C=C1I. The van der Waals surface area contributed by atoms with Crippen LogP contribution < -0.4 is 5.73 Å². The van der Waals surface area contributed by atoms with Crippen molar-refractivity contribution in [3.8, 4) is 0 Å². The van der Waals surface area contributed by atoms with E-state index in [1.165, 1.54) is 0 Å². The van der Waals surface area contributed by atoms with Crippen LogP contribution in [0.15, 0.2) is 14.6 Å². The van der Waals surface area contributed by atoms with Crippen molar-refractivity contribution in [3.05, 3.63) is 9.66 Å². The Kier molecular flexibility index (Phi) is 2.37. The number of nitrogens with zero attached hydrogens (tertiary/aromatic N) is 1. The minimum atomic E-state index is -0.307. The van der Waals surface area contributed by atoms with Crippen molar-refractivity contribution in [2.45, 2.75) is 12.5 Å². The minimum absolute atomic E-state index is 0.307. The van der Waals surface area contributed by atoms with E-state index in [1.807, 2.05) is 6.92 Å². The van der Waals surface area contributed by atoms with E-state index in [0.29, 0.717) is 11.7 Å². The largest absolute Gasteiger partial charge is 0.320 e. The number of aliphatic imine (C=N–C) groups is 1. The lowest BCUT2D eigenvalue weighted by Gasteiger charge is -2.24. The molecule has 2 N–H and O–H groups in total. The predicted octanol–water partition coefficient (Wildman–Crippen LogP) is 1.67. The molecule has 0 spiro atoms. The molecule has 1 atom stereocenters. The summed E-state index contributed by atoms with van der Waals surface area (Å²) in [6, 6.07) is 0. The summed E-state index contributed by atoms with van der Waals surface area (Å²) < 4.78 is 1.06. The fourth-order valence-electron chi connectivity index (χ4n) is 0.630. The van der Waals surface area contributed by atoms with Gasteiger partial charge in [0.15, 0.2) is 0 Å². The van der Waals surface area contributed by atoms with Crippen LogP contribution in [0.25, 0.3) is 0 Å². The smallest absolute Gasteiger partial charge is 0.124 e. The number of rotatable bonds is 0. The van der Waals surface area contributed by atoms with Gasteiger partial charge in [-0.1, -0.05) is 11.6 Å². The van der Waals surface area contributed by atoms with Crippen molar-refractivity contribution in [1.82, 2.24) is 0 Å². The number of hydrogen-bond donors (Lipinski definition) is 1. The zero-order valence-corrected chi connectivity index (χ0v) is 8.48. The van der Waals surface area contributed by atoms with E-state index in [2.05, 4.69) is 27.6 Å². The van der Waals surface area contributed by atoms with Gasteiger partial charge in [0.05, 0.1) is 12.1 Å². The number of allylic oxidation sites excluding steroid dienone is 1. The molecule has 0 aromatic heterocycles. The average Bonchev–Trinajstić information content (AvgIpc) is 1.81. The molecule has 0 radical (unpaired) electrons. The molecule has 2 nitrogen and oxygen atoms in total. The quantitative estimate of drug-likeness (QED) is 0.668. The van der Waals surface area contributed by atoms with Crippen molar-refractivity contribution in [3.63, 3.8) is 0 Å². The zero-order chi connectivity index (χ0) is 7.78. The van der Waals surface area contributed by atoms with Crippen molar-refractivity contribution in [2.75, 3.05) is 6.54 Å². The molecule has 0 aliphatic carbocycles. The first-order valence-corrected chi connectivity index (χ1v) is 4.34. The van der Waals surface area contributed by atoms with Crippen LogP contribution >= 0.6 is 34.2 Å². The highest BCUT2D eigenvalue weighted by Gasteiger charge is 2.24. The molecule has 0 aromatic rings. The molecule has 0 aromatic carbocycles. The van der Waals surface area contributed by atoms with Gasteiger partial charge in [-0.3, -0.25) is 4.99 Å². The second-order valence-corrected chi connectivity index (χ2v) is 4.10. The van der Waals surface area contributed by atoms with Crippen LogP contribution in [0.1, 0.15) is 6.92 Å². The summed E-state index contributed by atoms with van der Waals surface area (Å²) in [6.45, 7) is 2.53. The van der Waals surface area contributed by atoms with Crippen LogP contribution in [0.5, 0.6) is 0 Å². The summed E-state index contributed by atoms with van der Waals surface area (Å²) in [6.07, 6.45) is 1.80. The Bertz CT molecular complexity index is 208. The van der Waals surface area contributed by atoms with Crippen LogP contribution in [0.4, 0.5) is 0 Å². The Morgan fingerprint density at radius 1 is 1.90 bits per heavy atom. The molecule has 0 bridgehead atoms. The molecule has 1 aliphatic heterocycles. The number of nitrogens with two attached hydrogens (primary N) is 1. The third-order valence-electron chi connectivity index (χ3n) is 1.35. The van der Waals surface area contributed by atoms with Gasteiger partial charge in [-0.2, -0.15) is 0 Å². The van der Waals surface area contributed by atoms with Crippen molar-refractivity contribution in [2.24, 2.45) is 10.7 Å². The van der Waals surface area contributed by atoms with Gasteiger partial charge in [0, 0.05) is 3.58 Å². The van der Waals surface area contributed by atoms with Gasteiger partial charge < -0.3 is 5.73 Å². The first-order chi connectivity index (χ1) is 4.52. The van der Waals surface area contributed by atoms with Crippen LogP contribution in [-0.2, 0) is 0 Å². The van der Waals surface area contributed by atoms with Gasteiger partial charge in [0.2, 0.25) is 0 Å². The maximum absolute atomic E-state index is 5.84. The van der Waals surface area contributed by atoms with Gasteiger partial charge in [0.25, 0.3) is 0 Å². The molecule has 0 saturated heterocycles. The summed E-state index contributed by atoms with van der Waals surface area (Å²) >= 11 is 7.84. The van der Waals surface area contributed by atoms with Crippen LogP contribution in [-0.4, -0.2) is 17.3 Å². The van der Waals surface area contributed by atoms with Gasteiger partial charge in [-0.05, 0) is 35.6 Å². The highest BCUT2D eigenvalue weighted by Crippen LogP contribution is 2.24. The van der Waals surface area contributed by atoms with Gasteiger partial charge in [-0.25, -0.2) is 0 Å². The third-order valence-corrected chi connectivity index (χ3v) is 3.12. The average molecular weight is 271 g/mol. The molecule has 1 unspecified atom stereocenters. The zero-order valence-electron chi connectivity index (χ0n) is 5.56. The highest BCUT2D eigenvalue weighted by atomic mass is 127. The van der Waals surface area contributed by atoms with Crippen LogP contribution in [0.2, 0.25) is 0 Å². The molecule has 0 amide bonds. The molecule has 1 heterocycles. The van der Waals surface area contributed by atoms with Gasteiger partial charge in [0.1, 0.15) is 5.17 Å². The standard InChI is InChI=1S/C6H8ClIN2/c1-6(9)3-10-5(7)2-4(6)8/h2H,3,9H2,1H3. The maximum Gasteiger partial charge on any atom is 0.124 e. The third kappa shape index (κ3) is 1.71. The molecular formula is C6H8ClIN2. The molecule has 1 aliphatic rings. The van der Waals surface area contributed by atoms with E-state index in [-0.39, 0.29) is 5.54 Å². The van der Waals surface area contributed by atoms with E-state index in [0.717, 1.165) is 3.58 Å². The van der Waals surface area contributed by atoms with Gasteiger partial charge in [-0.15, -0.1) is 0 Å². The molecule has 0 fully saturated rings. The topological polar surface area (TPSA) is 38.4 Å². The Hall–Kier alpha value is 0.390. The second-order valence-electron chi connectivity index (χ2n) is 2.55. The van der Waals surface area contributed by atoms with Crippen LogP contribution in [0.3, 0.4) is 0 Å². The van der Waals surface area contributed by atoms with Crippen molar-refractivity contribution < 1.29 is 0 Å². The van der Waals surface area contributed by atoms with Crippen LogP contribution in [0, 0.1) is 0 Å². The van der Waals surface area contributed by atoms with Crippen molar-refractivity contribution >= 4 is 39.4 Å². The second kappa shape index (κ2) is 2.79. The lowest BCUT2D eigenvalue weighted by Crippen LogP contribution is -2.41. The first-order valence-electron chi connectivity index (χ1n) is 2.89. The first kappa shape index (κ1) is 8.49. The number of hydrogen-bond acceptors (Lipinski definition) is 2.